The van der Waals surface area contributed by atoms with Gasteiger partial charge in [-0.15, -0.1) is 0 Å². The molecule has 9 heteroatoms. The van der Waals surface area contributed by atoms with E-state index in [1.165, 1.54) is 13.8 Å². The third kappa shape index (κ3) is 6.95. The Labute approximate surface area is 243 Å². The Bertz CT molecular complexity index is 1050. The number of rotatable bonds is 12. The fraction of sp³-hybridized carbons (Fsp3) is 0.719. The maximum Gasteiger partial charge on any atom is 0.308 e. The van der Waals surface area contributed by atoms with Gasteiger partial charge in [-0.25, -0.2) is 0 Å². The normalized spacial score (nSPS) is 35.4. The van der Waals surface area contributed by atoms with Gasteiger partial charge in [0.1, 0.15) is 11.5 Å². The van der Waals surface area contributed by atoms with Crippen molar-refractivity contribution in [2.75, 3.05) is 0 Å². The maximum atomic E-state index is 13.3. The van der Waals surface area contributed by atoms with Crippen molar-refractivity contribution in [2.45, 2.75) is 124 Å². The van der Waals surface area contributed by atoms with E-state index < -0.39 is 59.6 Å². The lowest BCUT2D eigenvalue weighted by atomic mass is 9.45. The van der Waals surface area contributed by atoms with Gasteiger partial charge in [0.15, 0.2) is 0 Å². The van der Waals surface area contributed by atoms with Gasteiger partial charge in [0.05, 0.1) is 18.6 Å². The predicted molar refractivity (Wildman–Crippen MR) is 152 cm³/mol. The summed E-state index contributed by atoms with van der Waals surface area (Å²) in [5.74, 6) is -2.15. The highest BCUT2D eigenvalue weighted by Crippen LogP contribution is 2.67. The van der Waals surface area contributed by atoms with Crippen LogP contribution in [0.3, 0.4) is 0 Å². The smallest absolute Gasteiger partial charge is 0.308 e. The van der Waals surface area contributed by atoms with Crippen molar-refractivity contribution in [1.29, 1.82) is 0 Å². The van der Waals surface area contributed by atoms with Crippen LogP contribution in [0, 0.1) is 22.7 Å². The monoisotopic (exact) mass is 576 g/mol. The summed E-state index contributed by atoms with van der Waals surface area (Å²) in [6, 6.07) is 0. The van der Waals surface area contributed by atoms with Gasteiger partial charge >= 0.3 is 17.9 Å². The number of carbonyl (C=O) groups is 3. The second kappa shape index (κ2) is 13.7. The molecule has 2 N–H and O–H groups in total. The van der Waals surface area contributed by atoms with Gasteiger partial charge in [0, 0.05) is 19.4 Å². The van der Waals surface area contributed by atoms with Gasteiger partial charge in [-0.2, -0.15) is 0 Å². The molecule has 0 radical (unpaired) electrons. The van der Waals surface area contributed by atoms with E-state index in [4.69, 9.17) is 18.9 Å². The van der Waals surface area contributed by atoms with Crippen LogP contribution in [0.4, 0.5) is 0 Å². The van der Waals surface area contributed by atoms with Crippen molar-refractivity contribution >= 4 is 17.9 Å². The van der Waals surface area contributed by atoms with E-state index in [1.54, 1.807) is 12.2 Å². The summed E-state index contributed by atoms with van der Waals surface area (Å²) in [5, 5.41) is 21.6. The van der Waals surface area contributed by atoms with Crippen LogP contribution in [0.15, 0.2) is 36.0 Å². The largest absolute Gasteiger partial charge is 0.461 e. The van der Waals surface area contributed by atoms with E-state index in [-0.39, 0.29) is 18.3 Å². The molecule has 1 saturated heterocycles. The number of ether oxygens (including phenoxy) is 4. The number of aliphatic hydroxyl groups excluding tert-OH is 2. The molecule has 0 aromatic rings. The van der Waals surface area contributed by atoms with E-state index in [9.17, 15) is 24.6 Å². The zero-order valence-corrected chi connectivity index (χ0v) is 25.4. The molecule has 1 spiro atoms. The molecule has 2 aliphatic carbocycles. The Hall–Kier alpha value is -2.49. The van der Waals surface area contributed by atoms with Crippen LogP contribution in [0.5, 0.6) is 0 Å². The molecule has 41 heavy (non-hydrogen) atoms. The number of esters is 3. The number of allylic oxidation sites excluding steroid dienone is 3. The van der Waals surface area contributed by atoms with Gasteiger partial charge in [0.25, 0.3) is 0 Å². The molecular formula is C32H48O9. The Morgan fingerprint density at radius 3 is 2.44 bits per heavy atom. The number of unbranched alkanes of at least 4 members (excludes halogenated alkanes) is 2. The second-order valence-electron chi connectivity index (χ2n) is 12.3. The minimum Gasteiger partial charge on any atom is -0.461 e. The van der Waals surface area contributed by atoms with E-state index in [0.29, 0.717) is 31.3 Å². The maximum absolute atomic E-state index is 13.3. The highest BCUT2D eigenvalue weighted by Gasteiger charge is 2.72. The summed E-state index contributed by atoms with van der Waals surface area (Å²) < 4.78 is 23.6. The number of carbonyl (C=O) groups excluding carboxylic acids is 3. The van der Waals surface area contributed by atoms with Crippen LogP contribution in [0.2, 0.25) is 0 Å². The Kier molecular flexibility index (Phi) is 11.0. The SMILES string of the molecule is C=C/C(C)=C/C[C@@]1(C)[C@H]2C[C@H](O)C=C3[C@@H](OC(C)=O)O[C@H](OC(C)=O)[C@@]32[C@@H](OC(=O)C[C@@H](O)CCCCC)C[C@@H]1C. The Morgan fingerprint density at radius 1 is 1.15 bits per heavy atom. The Morgan fingerprint density at radius 2 is 1.83 bits per heavy atom. The summed E-state index contributed by atoms with van der Waals surface area (Å²) in [6.45, 7) is 14.6. The third-order valence-corrected chi connectivity index (χ3v) is 9.39. The van der Waals surface area contributed by atoms with Crippen LogP contribution in [-0.2, 0) is 33.3 Å². The minimum atomic E-state index is -1.23. The molecule has 3 rings (SSSR count). The van der Waals surface area contributed by atoms with Crippen LogP contribution >= 0.6 is 0 Å². The fourth-order valence-corrected chi connectivity index (χ4v) is 7.05. The molecular weight excluding hydrogens is 528 g/mol. The van der Waals surface area contributed by atoms with E-state index in [2.05, 4.69) is 33.4 Å². The van der Waals surface area contributed by atoms with Gasteiger partial charge in [0.2, 0.25) is 12.6 Å². The van der Waals surface area contributed by atoms with Crippen LogP contribution < -0.4 is 0 Å². The van der Waals surface area contributed by atoms with Gasteiger partial charge in [-0.1, -0.05) is 64.3 Å². The first kappa shape index (κ1) is 33.0. The second-order valence-corrected chi connectivity index (χ2v) is 12.3. The molecule has 9 atom stereocenters. The number of hydrogen-bond acceptors (Lipinski definition) is 9. The van der Waals surface area contributed by atoms with Crippen molar-refractivity contribution in [1.82, 2.24) is 0 Å². The molecule has 230 valence electrons. The number of hydrogen-bond donors (Lipinski definition) is 2. The van der Waals surface area contributed by atoms with E-state index in [1.807, 2.05) is 6.92 Å². The summed E-state index contributed by atoms with van der Waals surface area (Å²) in [7, 11) is 0. The minimum absolute atomic E-state index is 0.0107. The summed E-state index contributed by atoms with van der Waals surface area (Å²) >= 11 is 0. The standard InChI is InChI=1S/C32H48O9/c1-8-10-11-12-23(35)18-28(37)40-27-15-20(4)31(7,14-13-19(3)9-2)26-17-24(36)16-25-29(38-21(5)33)41-30(32(25,26)27)39-22(6)34/h9,13,16,20,23-24,26-27,29-30,35-36H,2,8,10-12,14-15,17-18H2,1,3-7H3/b19-13+/t20-,23-,24+,26+,27-,29-,30-,31+,32-/m0/s1. The van der Waals surface area contributed by atoms with E-state index in [0.717, 1.165) is 24.8 Å². The summed E-state index contributed by atoms with van der Waals surface area (Å²) in [5.41, 5.74) is -0.237. The summed E-state index contributed by atoms with van der Waals surface area (Å²) in [6.07, 6.45) is 4.93. The van der Waals surface area contributed by atoms with Gasteiger partial charge in [-0.3, -0.25) is 19.1 Å². The third-order valence-electron chi connectivity index (χ3n) is 9.39. The molecule has 0 amide bonds. The molecule has 9 nitrogen and oxygen atoms in total. The lowest BCUT2D eigenvalue weighted by Gasteiger charge is -2.60. The molecule has 2 fully saturated rings. The summed E-state index contributed by atoms with van der Waals surface area (Å²) in [4.78, 5) is 37.8. The van der Waals surface area contributed by atoms with Crippen molar-refractivity contribution in [3.8, 4) is 0 Å². The van der Waals surface area contributed by atoms with E-state index >= 15 is 0 Å². The van der Waals surface area contributed by atoms with Crippen molar-refractivity contribution in [3.63, 3.8) is 0 Å². The van der Waals surface area contributed by atoms with Gasteiger partial charge < -0.3 is 24.4 Å². The highest BCUT2D eigenvalue weighted by molar-refractivity contribution is 5.71. The average molecular weight is 577 g/mol. The fourth-order valence-electron chi connectivity index (χ4n) is 7.05. The molecule has 1 saturated carbocycles. The zero-order chi connectivity index (χ0) is 30.5. The topological polar surface area (TPSA) is 129 Å². The molecule has 0 unspecified atom stereocenters. The first-order chi connectivity index (χ1) is 19.3. The lowest BCUT2D eigenvalue weighted by Crippen LogP contribution is -2.63. The van der Waals surface area contributed by atoms with Crippen LogP contribution in [-0.4, -0.2) is 59.0 Å². The van der Waals surface area contributed by atoms with Gasteiger partial charge in [-0.05, 0) is 55.9 Å². The molecule has 0 aromatic heterocycles. The number of aliphatic hydroxyl groups is 2. The molecule has 0 aromatic carbocycles. The van der Waals surface area contributed by atoms with Crippen LogP contribution in [0.25, 0.3) is 0 Å². The average Bonchev–Trinajstić information content (AvgIpc) is 3.17. The Balaban J connectivity index is 2.12. The van der Waals surface area contributed by atoms with Crippen molar-refractivity contribution in [3.05, 3.63) is 36.0 Å². The molecule has 1 aliphatic heterocycles. The zero-order valence-electron chi connectivity index (χ0n) is 25.4. The molecule has 0 bridgehead atoms. The van der Waals surface area contributed by atoms with Crippen molar-refractivity contribution in [2.24, 2.45) is 22.7 Å². The first-order valence-electron chi connectivity index (χ1n) is 14.9. The first-order valence-corrected chi connectivity index (χ1v) is 14.9. The highest BCUT2D eigenvalue weighted by atomic mass is 16.8. The quantitative estimate of drug-likeness (QED) is 0.110. The molecule has 1 heterocycles. The lowest BCUT2D eigenvalue weighted by molar-refractivity contribution is -0.257. The molecule has 3 aliphatic rings. The van der Waals surface area contributed by atoms with Crippen molar-refractivity contribution < 1.29 is 43.5 Å². The predicted octanol–water partition coefficient (Wildman–Crippen LogP) is 4.90. The van der Waals surface area contributed by atoms with Crippen LogP contribution in [0.1, 0.15) is 92.9 Å².